The molecule has 1 aliphatic heterocycles. The number of hydrogen-bond donors (Lipinski definition) is 1. The van der Waals surface area contributed by atoms with E-state index in [2.05, 4.69) is 29.8 Å². The number of hydrogen-bond acceptors (Lipinski definition) is 3. The Morgan fingerprint density at radius 3 is 2.90 bits per heavy atom. The predicted molar refractivity (Wildman–Crippen MR) is 83.9 cm³/mol. The molecule has 0 spiro atoms. The third kappa shape index (κ3) is 2.20. The number of fused-ring (bicyclic) bond motifs is 1. The highest BCUT2D eigenvalue weighted by Gasteiger charge is 2.35. The van der Waals surface area contributed by atoms with Gasteiger partial charge in [0.25, 0.3) is 0 Å². The third-order valence-corrected chi connectivity index (χ3v) is 4.54. The van der Waals surface area contributed by atoms with E-state index in [-0.39, 0.29) is 12.1 Å². The Hall–Kier alpha value is -1.16. The number of halogens is 1. The molecule has 3 rings (SSSR count). The number of aromatic nitrogens is 1. The molecule has 2 aromatic rings. The summed E-state index contributed by atoms with van der Waals surface area (Å²) < 4.78 is 0. The molecular formula is C16H20ClN3. The summed E-state index contributed by atoms with van der Waals surface area (Å²) >= 11 is 6.29. The first-order valence-corrected chi connectivity index (χ1v) is 7.52. The molecule has 4 heteroatoms. The summed E-state index contributed by atoms with van der Waals surface area (Å²) in [5.74, 6) is 0. The fraction of sp³-hybridized carbons (Fsp3) is 0.438. The standard InChI is InChI=1S/C16H20ClN3/c1-10(2)20-9-7-14(18)16(20)12-5-6-13(17)11-4-3-8-19-15(11)12/h3-6,8,10,14,16H,7,9,18H2,1-2H3. The molecule has 2 heterocycles. The van der Waals surface area contributed by atoms with Crippen molar-refractivity contribution >= 4 is 22.5 Å². The molecule has 1 saturated heterocycles. The largest absolute Gasteiger partial charge is 0.326 e. The Bertz CT molecular complexity index is 626. The fourth-order valence-corrected chi connectivity index (χ4v) is 3.44. The molecule has 20 heavy (non-hydrogen) atoms. The van der Waals surface area contributed by atoms with Crippen molar-refractivity contribution in [2.75, 3.05) is 6.54 Å². The van der Waals surface area contributed by atoms with Crippen LogP contribution in [0.2, 0.25) is 5.02 Å². The number of nitrogens with zero attached hydrogens (tertiary/aromatic N) is 2. The van der Waals surface area contributed by atoms with Crippen LogP contribution in [0.15, 0.2) is 30.5 Å². The Labute approximate surface area is 124 Å². The van der Waals surface area contributed by atoms with Gasteiger partial charge >= 0.3 is 0 Å². The van der Waals surface area contributed by atoms with E-state index in [0.29, 0.717) is 6.04 Å². The molecule has 1 fully saturated rings. The van der Waals surface area contributed by atoms with Crippen molar-refractivity contribution in [1.29, 1.82) is 0 Å². The number of nitrogens with two attached hydrogens (primary N) is 1. The topological polar surface area (TPSA) is 42.1 Å². The minimum Gasteiger partial charge on any atom is -0.326 e. The van der Waals surface area contributed by atoms with Crippen LogP contribution in [0.4, 0.5) is 0 Å². The molecule has 3 nitrogen and oxygen atoms in total. The van der Waals surface area contributed by atoms with Crippen molar-refractivity contribution in [2.24, 2.45) is 5.73 Å². The fourth-order valence-electron chi connectivity index (χ4n) is 3.23. The number of pyridine rings is 1. The van der Waals surface area contributed by atoms with Crippen LogP contribution in [0.25, 0.3) is 10.9 Å². The summed E-state index contributed by atoms with van der Waals surface area (Å²) in [4.78, 5) is 7.01. The minimum atomic E-state index is 0.156. The monoisotopic (exact) mass is 289 g/mol. The highest BCUT2D eigenvalue weighted by atomic mass is 35.5. The minimum absolute atomic E-state index is 0.156. The van der Waals surface area contributed by atoms with Gasteiger partial charge in [0, 0.05) is 35.2 Å². The summed E-state index contributed by atoms with van der Waals surface area (Å²) in [7, 11) is 0. The Morgan fingerprint density at radius 1 is 1.35 bits per heavy atom. The van der Waals surface area contributed by atoms with Gasteiger partial charge in [-0.1, -0.05) is 17.7 Å². The van der Waals surface area contributed by atoms with E-state index in [9.17, 15) is 0 Å². The number of likely N-dealkylation sites (tertiary alicyclic amines) is 1. The van der Waals surface area contributed by atoms with Crippen molar-refractivity contribution in [3.05, 3.63) is 41.0 Å². The maximum atomic E-state index is 6.37. The second-order valence-corrected chi connectivity index (χ2v) is 6.17. The first kappa shape index (κ1) is 13.8. The Balaban J connectivity index is 2.16. The first-order valence-electron chi connectivity index (χ1n) is 7.14. The van der Waals surface area contributed by atoms with Crippen LogP contribution in [-0.2, 0) is 0 Å². The van der Waals surface area contributed by atoms with Crippen molar-refractivity contribution < 1.29 is 0 Å². The van der Waals surface area contributed by atoms with Crippen LogP contribution in [0.1, 0.15) is 31.9 Å². The van der Waals surface area contributed by atoms with Crippen molar-refractivity contribution in [3.8, 4) is 0 Å². The summed E-state index contributed by atoms with van der Waals surface area (Å²) in [6, 6.07) is 8.85. The van der Waals surface area contributed by atoms with Gasteiger partial charge in [0.1, 0.15) is 0 Å². The van der Waals surface area contributed by atoms with Gasteiger partial charge in [0.05, 0.1) is 11.6 Å². The highest BCUT2D eigenvalue weighted by Crippen LogP contribution is 2.37. The van der Waals surface area contributed by atoms with Gasteiger partial charge in [-0.2, -0.15) is 0 Å². The van der Waals surface area contributed by atoms with Gasteiger partial charge in [-0.25, -0.2) is 0 Å². The van der Waals surface area contributed by atoms with Crippen LogP contribution in [0.3, 0.4) is 0 Å². The van der Waals surface area contributed by atoms with E-state index in [1.165, 1.54) is 5.56 Å². The smallest absolute Gasteiger partial charge is 0.0765 e. The molecule has 106 valence electrons. The molecule has 1 aromatic carbocycles. The lowest BCUT2D eigenvalue weighted by molar-refractivity contribution is 0.199. The van der Waals surface area contributed by atoms with Crippen LogP contribution < -0.4 is 5.73 Å². The molecule has 0 saturated carbocycles. The zero-order valence-electron chi connectivity index (χ0n) is 11.9. The maximum absolute atomic E-state index is 6.37. The molecule has 0 aliphatic carbocycles. The molecule has 1 aromatic heterocycles. The molecule has 0 amide bonds. The third-order valence-electron chi connectivity index (χ3n) is 4.21. The molecular weight excluding hydrogens is 270 g/mol. The first-order chi connectivity index (χ1) is 9.59. The van der Waals surface area contributed by atoms with E-state index in [0.717, 1.165) is 28.9 Å². The summed E-state index contributed by atoms with van der Waals surface area (Å²) in [5, 5.41) is 1.76. The normalized spacial score (nSPS) is 23.9. The molecule has 0 radical (unpaired) electrons. The van der Waals surface area contributed by atoms with E-state index in [4.69, 9.17) is 17.3 Å². The number of benzene rings is 1. The second-order valence-electron chi connectivity index (χ2n) is 5.77. The van der Waals surface area contributed by atoms with Gasteiger partial charge in [0.2, 0.25) is 0 Å². The van der Waals surface area contributed by atoms with E-state index in [1.54, 1.807) is 0 Å². The zero-order valence-corrected chi connectivity index (χ0v) is 12.6. The SMILES string of the molecule is CC(C)N1CCC(N)C1c1ccc(Cl)c2cccnc12. The lowest BCUT2D eigenvalue weighted by Gasteiger charge is -2.31. The Morgan fingerprint density at radius 2 is 2.15 bits per heavy atom. The van der Waals surface area contributed by atoms with Gasteiger partial charge in [0.15, 0.2) is 0 Å². The maximum Gasteiger partial charge on any atom is 0.0765 e. The molecule has 2 atom stereocenters. The van der Waals surface area contributed by atoms with Gasteiger partial charge in [-0.05, 0) is 44.0 Å². The molecule has 0 bridgehead atoms. The molecule has 2 N–H and O–H groups in total. The molecule has 1 aliphatic rings. The average molecular weight is 290 g/mol. The summed E-state index contributed by atoms with van der Waals surface area (Å²) in [5.41, 5.74) is 8.54. The van der Waals surface area contributed by atoms with E-state index < -0.39 is 0 Å². The predicted octanol–water partition coefficient (Wildman–Crippen LogP) is 3.37. The van der Waals surface area contributed by atoms with Crippen molar-refractivity contribution in [1.82, 2.24) is 9.88 Å². The average Bonchev–Trinajstić information content (AvgIpc) is 2.82. The lowest BCUT2D eigenvalue weighted by Crippen LogP contribution is -2.36. The summed E-state index contributed by atoms with van der Waals surface area (Å²) in [6.45, 7) is 5.48. The highest BCUT2D eigenvalue weighted by molar-refractivity contribution is 6.35. The Kier molecular flexibility index (Phi) is 3.67. The van der Waals surface area contributed by atoms with Gasteiger partial charge in [-0.3, -0.25) is 9.88 Å². The zero-order chi connectivity index (χ0) is 14.3. The van der Waals surface area contributed by atoms with Crippen molar-refractivity contribution in [3.63, 3.8) is 0 Å². The quantitative estimate of drug-likeness (QED) is 0.922. The second kappa shape index (κ2) is 5.32. The van der Waals surface area contributed by atoms with Crippen LogP contribution in [-0.4, -0.2) is 28.5 Å². The summed E-state index contributed by atoms with van der Waals surface area (Å²) in [6.07, 6.45) is 2.85. The van der Waals surface area contributed by atoms with Crippen LogP contribution >= 0.6 is 11.6 Å². The van der Waals surface area contributed by atoms with E-state index in [1.807, 2.05) is 24.4 Å². The van der Waals surface area contributed by atoms with Crippen LogP contribution in [0.5, 0.6) is 0 Å². The van der Waals surface area contributed by atoms with Crippen molar-refractivity contribution in [2.45, 2.75) is 38.4 Å². The number of rotatable bonds is 2. The van der Waals surface area contributed by atoms with Crippen LogP contribution in [0, 0.1) is 0 Å². The van der Waals surface area contributed by atoms with Gasteiger partial charge < -0.3 is 5.73 Å². The van der Waals surface area contributed by atoms with E-state index >= 15 is 0 Å². The van der Waals surface area contributed by atoms with Gasteiger partial charge in [-0.15, -0.1) is 0 Å². The molecule has 2 unspecified atom stereocenters. The lowest BCUT2D eigenvalue weighted by atomic mass is 9.97.